The first-order valence-electron chi connectivity index (χ1n) is 7.40. The van der Waals surface area contributed by atoms with Crippen molar-refractivity contribution in [2.24, 2.45) is 5.41 Å². The number of fused-ring (bicyclic) bond motifs is 1. The Bertz CT molecular complexity index is 440. The Kier molecular flexibility index (Phi) is 5.79. The zero-order valence-corrected chi connectivity index (χ0v) is 13.9. The lowest BCUT2D eigenvalue weighted by molar-refractivity contribution is 0.109. The molecule has 2 nitrogen and oxygen atoms in total. The molecule has 0 fully saturated rings. The van der Waals surface area contributed by atoms with Gasteiger partial charge in [0.2, 0.25) is 0 Å². The second-order valence-corrected chi connectivity index (χ2v) is 7.19. The first-order chi connectivity index (χ1) is 9.64. The summed E-state index contributed by atoms with van der Waals surface area (Å²) in [5.74, 6) is 1.14. The van der Waals surface area contributed by atoms with Crippen molar-refractivity contribution in [3.8, 4) is 0 Å². The van der Waals surface area contributed by atoms with Crippen LogP contribution in [0.3, 0.4) is 0 Å². The Balaban J connectivity index is 2.10. The summed E-state index contributed by atoms with van der Waals surface area (Å²) in [6.07, 6.45) is 3.11. The van der Waals surface area contributed by atoms with Crippen LogP contribution in [0.25, 0.3) is 0 Å². The lowest BCUT2D eigenvalue weighted by Gasteiger charge is -2.34. The van der Waals surface area contributed by atoms with E-state index in [1.807, 2.05) is 17.8 Å². The zero-order valence-electron chi connectivity index (χ0n) is 12.3. The number of aliphatic hydroxyl groups excluding tert-OH is 1. The summed E-state index contributed by atoms with van der Waals surface area (Å²) >= 11 is 8.04. The number of nitrogens with one attached hydrogen (secondary N) is 1. The van der Waals surface area contributed by atoms with Crippen molar-refractivity contribution in [1.29, 1.82) is 0 Å². The van der Waals surface area contributed by atoms with Gasteiger partial charge in [-0.2, -0.15) is 0 Å². The molecule has 0 amide bonds. The van der Waals surface area contributed by atoms with Crippen LogP contribution >= 0.6 is 23.4 Å². The largest absolute Gasteiger partial charge is 0.396 e. The average Bonchev–Trinajstić information content (AvgIpc) is 2.49. The number of halogens is 1. The van der Waals surface area contributed by atoms with Crippen molar-refractivity contribution < 1.29 is 5.11 Å². The number of rotatable bonds is 6. The van der Waals surface area contributed by atoms with Crippen LogP contribution in [0.1, 0.15) is 44.7 Å². The Hall–Kier alpha value is -0.220. The molecule has 112 valence electrons. The van der Waals surface area contributed by atoms with Gasteiger partial charge in [-0.1, -0.05) is 25.4 Å². The highest BCUT2D eigenvalue weighted by Gasteiger charge is 2.28. The van der Waals surface area contributed by atoms with Gasteiger partial charge in [0.1, 0.15) is 0 Å². The summed E-state index contributed by atoms with van der Waals surface area (Å²) in [6, 6.07) is 6.52. The predicted molar refractivity (Wildman–Crippen MR) is 87.6 cm³/mol. The molecule has 1 aliphatic rings. The van der Waals surface area contributed by atoms with Gasteiger partial charge in [0.15, 0.2) is 0 Å². The number of hydrogen-bond acceptors (Lipinski definition) is 3. The molecular formula is C16H24ClNOS. The number of benzene rings is 1. The van der Waals surface area contributed by atoms with Crippen LogP contribution in [0.4, 0.5) is 0 Å². The van der Waals surface area contributed by atoms with E-state index in [9.17, 15) is 5.11 Å². The first kappa shape index (κ1) is 16.2. The van der Waals surface area contributed by atoms with Crippen molar-refractivity contribution in [2.75, 3.05) is 18.9 Å². The molecule has 2 N–H and O–H groups in total. The molecule has 0 radical (unpaired) electrons. The van der Waals surface area contributed by atoms with Gasteiger partial charge in [0, 0.05) is 34.5 Å². The highest BCUT2D eigenvalue weighted by Crippen LogP contribution is 2.38. The molecule has 0 bridgehead atoms. The highest BCUT2D eigenvalue weighted by atomic mass is 35.5. The summed E-state index contributed by atoms with van der Waals surface area (Å²) < 4.78 is 0. The van der Waals surface area contributed by atoms with Crippen molar-refractivity contribution >= 4 is 23.4 Å². The molecule has 0 spiro atoms. The van der Waals surface area contributed by atoms with Gasteiger partial charge in [-0.25, -0.2) is 0 Å². The van der Waals surface area contributed by atoms with Crippen molar-refractivity contribution in [2.45, 2.75) is 44.0 Å². The molecule has 0 saturated heterocycles. The molecule has 1 unspecified atom stereocenters. The molecule has 1 aromatic carbocycles. The van der Waals surface area contributed by atoms with E-state index in [0.717, 1.165) is 36.6 Å². The third-order valence-corrected chi connectivity index (χ3v) is 5.93. The van der Waals surface area contributed by atoms with Crippen LogP contribution in [0, 0.1) is 5.41 Å². The average molecular weight is 314 g/mol. The van der Waals surface area contributed by atoms with E-state index >= 15 is 0 Å². The van der Waals surface area contributed by atoms with Crippen LogP contribution in [0.15, 0.2) is 23.1 Å². The Morgan fingerprint density at radius 2 is 2.15 bits per heavy atom. The van der Waals surface area contributed by atoms with Crippen molar-refractivity contribution in [1.82, 2.24) is 5.32 Å². The highest BCUT2D eigenvalue weighted by molar-refractivity contribution is 7.99. The summed E-state index contributed by atoms with van der Waals surface area (Å²) in [5, 5.41) is 14.2. The standard InChI is InChI=1S/C16H24ClNOS/c1-3-16(4-2,11-19)10-18-14-7-8-20-15-6-5-12(17)9-13(14)15/h5-6,9,14,18-19H,3-4,7-8,10-11H2,1-2H3. The monoisotopic (exact) mass is 313 g/mol. The molecule has 0 aromatic heterocycles. The number of thioether (sulfide) groups is 1. The smallest absolute Gasteiger partial charge is 0.0499 e. The van der Waals surface area contributed by atoms with Gasteiger partial charge < -0.3 is 10.4 Å². The van der Waals surface area contributed by atoms with Gasteiger partial charge in [-0.05, 0) is 48.8 Å². The first-order valence-corrected chi connectivity index (χ1v) is 8.77. The predicted octanol–water partition coefficient (Wildman–Crippen LogP) is 4.27. The van der Waals surface area contributed by atoms with Gasteiger partial charge >= 0.3 is 0 Å². The minimum atomic E-state index is 0.00330. The molecule has 2 rings (SSSR count). The molecule has 1 aromatic rings. The van der Waals surface area contributed by atoms with E-state index in [4.69, 9.17) is 11.6 Å². The molecule has 0 aliphatic carbocycles. The normalized spacial score (nSPS) is 18.9. The molecule has 20 heavy (non-hydrogen) atoms. The summed E-state index contributed by atoms with van der Waals surface area (Å²) in [6.45, 7) is 5.42. The maximum absolute atomic E-state index is 9.68. The third-order valence-electron chi connectivity index (χ3n) is 4.57. The lowest BCUT2D eigenvalue weighted by Crippen LogP contribution is -2.39. The molecule has 4 heteroatoms. The molecule has 1 heterocycles. The third kappa shape index (κ3) is 3.51. The lowest BCUT2D eigenvalue weighted by atomic mass is 9.83. The zero-order chi connectivity index (χ0) is 14.6. The fourth-order valence-electron chi connectivity index (χ4n) is 2.70. The number of hydrogen-bond donors (Lipinski definition) is 2. The van der Waals surface area contributed by atoms with Crippen LogP contribution < -0.4 is 5.32 Å². The molecule has 1 aliphatic heterocycles. The maximum atomic E-state index is 9.68. The fourth-order valence-corrected chi connectivity index (χ4v) is 3.98. The number of aliphatic hydroxyl groups is 1. The van der Waals surface area contributed by atoms with Gasteiger partial charge in [-0.15, -0.1) is 11.8 Å². The van der Waals surface area contributed by atoms with E-state index in [1.54, 1.807) is 0 Å². The minimum absolute atomic E-state index is 0.00330. The van der Waals surface area contributed by atoms with Crippen LogP contribution in [0.5, 0.6) is 0 Å². The van der Waals surface area contributed by atoms with Crippen molar-refractivity contribution in [3.05, 3.63) is 28.8 Å². The van der Waals surface area contributed by atoms with Gasteiger partial charge in [-0.3, -0.25) is 0 Å². The van der Waals surface area contributed by atoms with Crippen molar-refractivity contribution in [3.63, 3.8) is 0 Å². The van der Waals surface area contributed by atoms with E-state index < -0.39 is 0 Å². The Morgan fingerprint density at radius 1 is 1.40 bits per heavy atom. The van der Waals surface area contributed by atoms with E-state index in [2.05, 4.69) is 31.3 Å². The topological polar surface area (TPSA) is 32.3 Å². The van der Waals surface area contributed by atoms with Gasteiger partial charge in [0.05, 0.1) is 0 Å². The van der Waals surface area contributed by atoms with E-state index in [0.29, 0.717) is 6.04 Å². The molecular weight excluding hydrogens is 290 g/mol. The quantitative estimate of drug-likeness (QED) is 0.823. The van der Waals surface area contributed by atoms with Gasteiger partial charge in [0.25, 0.3) is 0 Å². The Morgan fingerprint density at radius 3 is 2.80 bits per heavy atom. The molecule has 1 atom stereocenters. The van der Waals surface area contributed by atoms with E-state index in [1.165, 1.54) is 10.5 Å². The van der Waals surface area contributed by atoms with Crippen LogP contribution in [0.2, 0.25) is 5.02 Å². The van der Waals surface area contributed by atoms with Crippen LogP contribution in [-0.2, 0) is 0 Å². The minimum Gasteiger partial charge on any atom is -0.396 e. The van der Waals surface area contributed by atoms with E-state index in [-0.39, 0.29) is 12.0 Å². The Labute approximate surface area is 131 Å². The maximum Gasteiger partial charge on any atom is 0.0499 e. The summed E-state index contributed by atoms with van der Waals surface area (Å²) in [7, 11) is 0. The fraction of sp³-hybridized carbons (Fsp3) is 0.625. The SMILES string of the molecule is CCC(CC)(CO)CNC1CCSc2ccc(Cl)cc21. The summed E-state index contributed by atoms with van der Waals surface area (Å²) in [5.41, 5.74) is 1.32. The second-order valence-electron chi connectivity index (χ2n) is 5.62. The molecule has 0 saturated carbocycles. The van der Waals surface area contributed by atoms with Crippen LogP contribution in [-0.4, -0.2) is 24.0 Å². The second kappa shape index (κ2) is 7.17. The summed E-state index contributed by atoms with van der Waals surface area (Å²) in [4.78, 5) is 1.33.